The average Bonchev–Trinajstić information content (AvgIpc) is 2.18. The second kappa shape index (κ2) is 5.63. The highest BCUT2D eigenvalue weighted by Gasteiger charge is 2.20. The summed E-state index contributed by atoms with van der Waals surface area (Å²) in [5.74, 6) is 1.11. The lowest BCUT2D eigenvalue weighted by Gasteiger charge is -2.31. The molecule has 0 saturated carbocycles. The van der Waals surface area contributed by atoms with Crippen LogP contribution in [0.2, 0.25) is 0 Å². The van der Waals surface area contributed by atoms with Crippen LogP contribution in [0.1, 0.15) is 32.6 Å². The number of hydrogen-bond donors (Lipinski definition) is 0. The maximum Gasteiger partial charge on any atom is 0.233 e. The Kier molecular flexibility index (Phi) is 4.78. The van der Waals surface area contributed by atoms with Crippen molar-refractivity contribution >= 4 is 21.8 Å². The van der Waals surface area contributed by atoms with Gasteiger partial charge in [-0.2, -0.15) is 0 Å². The molecule has 0 N–H and O–H groups in total. The summed E-state index contributed by atoms with van der Waals surface area (Å²) in [4.78, 5) is 13.3. The first kappa shape index (κ1) is 11.0. The third-order valence-electron chi connectivity index (χ3n) is 2.78. The molecule has 76 valence electrons. The highest BCUT2D eigenvalue weighted by Crippen LogP contribution is 2.21. The number of nitrogens with zero attached hydrogens (tertiary/aromatic N) is 1. The lowest BCUT2D eigenvalue weighted by Crippen LogP contribution is -2.39. The van der Waals surface area contributed by atoms with Gasteiger partial charge >= 0.3 is 0 Å². The van der Waals surface area contributed by atoms with Crippen LogP contribution in [0.4, 0.5) is 0 Å². The van der Waals surface area contributed by atoms with Crippen molar-refractivity contribution in [2.75, 3.05) is 18.4 Å². The van der Waals surface area contributed by atoms with Crippen molar-refractivity contribution in [2.45, 2.75) is 32.6 Å². The van der Waals surface area contributed by atoms with E-state index in [0.29, 0.717) is 5.33 Å². The minimum atomic E-state index is 0.245. The van der Waals surface area contributed by atoms with E-state index in [0.717, 1.165) is 19.0 Å². The first-order valence-electron chi connectivity index (χ1n) is 5.11. The standard InChI is InChI=1S/C10H18BrNO/c1-2-3-9-4-6-12(7-5-9)10(13)8-11/h9H,2-8H2,1H3. The van der Waals surface area contributed by atoms with Crippen molar-refractivity contribution in [3.63, 3.8) is 0 Å². The molecular formula is C10H18BrNO. The summed E-state index contributed by atoms with van der Waals surface area (Å²) in [6, 6.07) is 0. The normalized spacial score (nSPS) is 19.1. The molecule has 0 aliphatic carbocycles. The Morgan fingerprint density at radius 2 is 2.08 bits per heavy atom. The van der Waals surface area contributed by atoms with Crippen LogP contribution < -0.4 is 0 Å². The van der Waals surface area contributed by atoms with E-state index >= 15 is 0 Å². The molecule has 1 rings (SSSR count). The first-order chi connectivity index (χ1) is 6.27. The Morgan fingerprint density at radius 3 is 2.54 bits per heavy atom. The van der Waals surface area contributed by atoms with Crippen LogP contribution in [0, 0.1) is 5.92 Å². The Balaban J connectivity index is 2.26. The Bertz CT molecular complexity index is 164. The van der Waals surface area contributed by atoms with Gasteiger partial charge < -0.3 is 4.90 Å². The van der Waals surface area contributed by atoms with Gasteiger partial charge in [0.2, 0.25) is 5.91 Å². The van der Waals surface area contributed by atoms with E-state index in [1.54, 1.807) is 0 Å². The zero-order chi connectivity index (χ0) is 9.68. The minimum Gasteiger partial charge on any atom is -0.342 e. The Morgan fingerprint density at radius 1 is 1.46 bits per heavy atom. The molecule has 0 aromatic heterocycles. The number of halogens is 1. The summed E-state index contributed by atoms with van der Waals surface area (Å²) in [7, 11) is 0. The molecule has 0 bridgehead atoms. The molecule has 0 aromatic rings. The first-order valence-corrected chi connectivity index (χ1v) is 6.23. The van der Waals surface area contributed by atoms with Crippen molar-refractivity contribution in [3.8, 4) is 0 Å². The number of alkyl halides is 1. The van der Waals surface area contributed by atoms with E-state index in [1.165, 1.54) is 25.7 Å². The van der Waals surface area contributed by atoms with E-state index < -0.39 is 0 Å². The smallest absolute Gasteiger partial charge is 0.233 e. The molecule has 0 aromatic carbocycles. The molecule has 1 heterocycles. The van der Waals surface area contributed by atoms with Crippen LogP contribution in [0.25, 0.3) is 0 Å². The van der Waals surface area contributed by atoms with Gasteiger partial charge in [-0.15, -0.1) is 0 Å². The lowest BCUT2D eigenvalue weighted by atomic mass is 9.92. The summed E-state index contributed by atoms with van der Waals surface area (Å²) < 4.78 is 0. The summed E-state index contributed by atoms with van der Waals surface area (Å²) in [6.45, 7) is 4.17. The minimum absolute atomic E-state index is 0.245. The third-order valence-corrected chi connectivity index (χ3v) is 3.26. The lowest BCUT2D eigenvalue weighted by molar-refractivity contribution is -0.129. The molecule has 1 aliphatic rings. The van der Waals surface area contributed by atoms with Gasteiger partial charge in [-0.25, -0.2) is 0 Å². The second-order valence-corrected chi connectivity index (χ2v) is 4.31. The summed E-state index contributed by atoms with van der Waals surface area (Å²) in [6.07, 6.45) is 5.01. The molecule has 1 amide bonds. The summed E-state index contributed by atoms with van der Waals surface area (Å²) in [5.41, 5.74) is 0. The zero-order valence-corrected chi connectivity index (χ0v) is 9.85. The van der Waals surface area contributed by atoms with Gasteiger partial charge in [0.25, 0.3) is 0 Å². The van der Waals surface area contributed by atoms with Gasteiger partial charge in [0.1, 0.15) is 0 Å². The zero-order valence-electron chi connectivity index (χ0n) is 8.26. The predicted octanol–water partition coefficient (Wildman–Crippen LogP) is 2.42. The van der Waals surface area contributed by atoms with Gasteiger partial charge in [0.05, 0.1) is 5.33 Å². The number of rotatable bonds is 3. The number of likely N-dealkylation sites (tertiary alicyclic amines) is 1. The topological polar surface area (TPSA) is 20.3 Å². The van der Waals surface area contributed by atoms with Crippen molar-refractivity contribution < 1.29 is 4.79 Å². The molecule has 1 aliphatic heterocycles. The highest BCUT2D eigenvalue weighted by molar-refractivity contribution is 9.09. The molecule has 0 spiro atoms. The van der Waals surface area contributed by atoms with Crippen molar-refractivity contribution in [3.05, 3.63) is 0 Å². The molecule has 1 saturated heterocycles. The molecule has 0 atom stereocenters. The van der Waals surface area contributed by atoms with E-state index in [2.05, 4.69) is 22.9 Å². The molecule has 13 heavy (non-hydrogen) atoms. The fourth-order valence-electron chi connectivity index (χ4n) is 1.96. The number of piperidine rings is 1. The maximum absolute atomic E-state index is 11.3. The van der Waals surface area contributed by atoms with Crippen molar-refractivity contribution in [2.24, 2.45) is 5.92 Å². The van der Waals surface area contributed by atoms with Gasteiger partial charge in [0.15, 0.2) is 0 Å². The monoisotopic (exact) mass is 247 g/mol. The number of amides is 1. The maximum atomic E-state index is 11.3. The molecule has 0 radical (unpaired) electrons. The van der Waals surface area contributed by atoms with E-state index in [-0.39, 0.29) is 5.91 Å². The average molecular weight is 248 g/mol. The molecule has 3 heteroatoms. The largest absolute Gasteiger partial charge is 0.342 e. The van der Waals surface area contributed by atoms with E-state index in [9.17, 15) is 4.79 Å². The summed E-state index contributed by atoms with van der Waals surface area (Å²) >= 11 is 3.20. The number of hydrogen-bond acceptors (Lipinski definition) is 1. The molecule has 0 unspecified atom stereocenters. The van der Waals surface area contributed by atoms with Gasteiger partial charge in [-0.05, 0) is 18.8 Å². The predicted molar refractivity (Wildman–Crippen MR) is 58.0 cm³/mol. The van der Waals surface area contributed by atoms with Crippen LogP contribution in [0.3, 0.4) is 0 Å². The van der Waals surface area contributed by atoms with Crippen molar-refractivity contribution in [1.29, 1.82) is 0 Å². The molecular weight excluding hydrogens is 230 g/mol. The Labute approximate surface area is 88.8 Å². The molecule has 1 fully saturated rings. The number of carbonyl (C=O) groups excluding carboxylic acids is 1. The summed E-state index contributed by atoms with van der Waals surface area (Å²) in [5, 5.41) is 0.478. The SMILES string of the molecule is CCCC1CCN(C(=O)CBr)CC1. The molecule has 2 nitrogen and oxygen atoms in total. The number of carbonyl (C=O) groups is 1. The highest BCUT2D eigenvalue weighted by atomic mass is 79.9. The Hall–Kier alpha value is -0.0500. The van der Waals surface area contributed by atoms with Gasteiger partial charge in [-0.3, -0.25) is 4.79 Å². The quantitative estimate of drug-likeness (QED) is 0.702. The van der Waals surface area contributed by atoms with E-state index in [4.69, 9.17) is 0 Å². The van der Waals surface area contributed by atoms with Gasteiger partial charge in [-0.1, -0.05) is 35.7 Å². The van der Waals surface area contributed by atoms with Crippen LogP contribution in [0.5, 0.6) is 0 Å². The van der Waals surface area contributed by atoms with Crippen LogP contribution >= 0.6 is 15.9 Å². The third kappa shape index (κ3) is 3.29. The van der Waals surface area contributed by atoms with Crippen LogP contribution in [-0.4, -0.2) is 29.2 Å². The van der Waals surface area contributed by atoms with Crippen molar-refractivity contribution in [1.82, 2.24) is 4.90 Å². The fraction of sp³-hybridized carbons (Fsp3) is 0.900. The van der Waals surface area contributed by atoms with Gasteiger partial charge in [0, 0.05) is 13.1 Å². The second-order valence-electron chi connectivity index (χ2n) is 3.75. The van der Waals surface area contributed by atoms with Crippen LogP contribution in [0.15, 0.2) is 0 Å². The van der Waals surface area contributed by atoms with Crippen LogP contribution in [-0.2, 0) is 4.79 Å². The van der Waals surface area contributed by atoms with E-state index in [1.807, 2.05) is 4.90 Å². The fourth-order valence-corrected chi connectivity index (χ4v) is 2.32.